The third-order valence-corrected chi connectivity index (χ3v) is 4.51. The molecule has 1 saturated carbocycles. The predicted octanol–water partition coefficient (Wildman–Crippen LogP) is 3.69. The molecule has 3 heteroatoms. The van der Waals surface area contributed by atoms with E-state index >= 15 is 0 Å². The lowest BCUT2D eigenvalue weighted by Gasteiger charge is -2.06. The van der Waals surface area contributed by atoms with Crippen molar-refractivity contribution < 1.29 is 0 Å². The van der Waals surface area contributed by atoms with Crippen molar-refractivity contribution in [3.63, 3.8) is 0 Å². The van der Waals surface area contributed by atoms with Crippen LogP contribution in [0.2, 0.25) is 0 Å². The van der Waals surface area contributed by atoms with Crippen molar-refractivity contribution in [1.82, 2.24) is 4.98 Å². The van der Waals surface area contributed by atoms with Gasteiger partial charge in [0, 0.05) is 16.7 Å². The van der Waals surface area contributed by atoms with Crippen molar-refractivity contribution in [2.75, 3.05) is 5.32 Å². The van der Waals surface area contributed by atoms with E-state index < -0.39 is 0 Å². The maximum absolute atomic E-state index is 4.33. The van der Waals surface area contributed by atoms with Gasteiger partial charge in [-0.15, -0.1) is 0 Å². The third-order valence-electron chi connectivity index (χ3n) is 4.04. The van der Waals surface area contributed by atoms with Gasteiger partial charge >= 0.3 is 0 Å². The zero-order valence-corrected chi connectivity index (χ0v) is 11.2. The predicted molar refractivity (Wildman–Crippen MR) is 66.9 cm³/mol. The number of halogens is 1. The minimum atomic E-state index is 0.349. The van der Waals surface area contributed by atoms with Crippen LogP contribution in [0.5, 0.6) is 0 Å². The van der Waals surface area contributed by atoms with Crippen molar-refractivity contribution in [2.45, 2.75) is 33.7 Å². The zero-order chi connectivity index (χ0) is 11.3. The minimum absolute atomic E-state index is 0.349. The van der Waals surface area contributed by atoms with E-state index in [1.807, 2.05) is 18.3 Å². The Morgan fingerprint density at radius 2 is 1.80 bits per heavy atom. The summed E-state index contributed by atoms with van der Waals surface area (Å²) < 4.78 is 1.02. The van der Waals surface area contributed by atoms with E-state index in [0.717, 1.165) is 10.3 Å². The van der Waals surface area contributed by atoms with Crippen molar-refractivity contribution >= 4 is 21.7 Å². The number of rotatable bonds is 2. The highest BCUT2D eigenvalue weighted by molar-refractivity contribution is 9.10. The Kier molecular flexibility index (Phi) is 2.34. The summed E-state index contributed by atoms with van der Waals surface area (Å²) in [7, 11) is 0. The van der Waals surface area contributed by atoms with E-state index in [1.54, 1.807) is 0 Å². The molecule has 1 N–H and O–H groups in total. The Hall–Kier alpha value is -0.570. The average Bonchev–Trinajstić information content (AvgIpc) is 2.52. The molecule has 1 aromatic heterocycles. The Morgan fingerprint density at radius 3 is 2.20 bits per heavy atom. The van der Waals surface area contributed by atoms with Crippen molar-refractivity contribution in [3.05, 3.63) is 22.8 Å². The lowest BCUT2D eigenvalue weighted by molar-refractivity contribution is 0.457. The first-order valence-corrected chi connectivity index (χ1v) is 6.03. The molecule has 1 heterocycles. The molecule has 0 spiro atoms. The summed E-state index contributed by atoms with van der Waals surface area (Å²) in [6.45, 7) is 9.18. The van der Waals surface area contributed by atoms with Crippen LogP contribution in [0.4, 0.5) is 5.82 Å². The van der Waals surface area contributed by atoms with Gasteiger partial charge in [-0.25, -0.2) is 4.98 Å². The highest BCUT2D eigenvalue weighted by Gasteiger charge is 2.65. The quantitative estimate of drug-likeness (QED) is 0.885. The van der Waals surface area contributed by atoms with Gasteiger partial charge in [0.15, 0.2) is 0 Å². The van der Waals surface area contributed by atoms with Gasteiger partial charge in [0.25, 0.3) is 0 Å². The monoisotopic (exact) mass is 268 g/mol. The Balaban J connectivity index is 2.09. The first-order valence-electron chi connectivity index (χ1n) is 5.24. The molecular weight excluding hydrogens is 252 g/mol. The molecule has 1 aromatic rings. The minimum Gasteiger partial charge on any atom is -0.366 e. The molecule has 1 aliphatic rings. The number of aromatic nitrogens is 1. The number of hydrogen-bond acceptors (Lipinski definition) is 2. The molecule has 0 unspecified atom stereocenters. The molecule has 0 saturated heterocycles. The highest BCUT2D eigenvalue weighted by Crippen LogP contribution is 2.63. The van der Waals surface area contributed by atoms with Crippen LogP contribution in [0.1, 0.15) is 27.7 Å². The number of nitrogens with zero attached hydrogens (tertiary/aromatic N) is 1. The van der Waals surface area contributed by atoms with Gasteiger partial charge in [-0.05, 0) is 38.9 Å². The summed E-state index contributed by atoms with van der Waals surface area (Å²) in [6.07, 6.45) is 1.82. The smallest absolute Gasteiger partial charge is 0.126 e. The highest BCUT2D eigenvalue weighted by atomic mass is 79.9. The summed E-state index contributed by atoms with van der Waals surface area (Å²) in [5.41, 5.74) is 0.698. The van der Waals surface area contributed by atoms with E-state index in [1.165, 1.54) is 0 Å². The maximum Gasteiger partial charge on any atom is 0.126 e. The van der Waals surface area contributed by atoms with Crippen LogP contribution < -0.4 is 5.32 Å². The van der Waals surface area contributed by atoms with E-state index in [-0.39, 0.29) is 0 Å². The van der Waals surface area contributed by atoms with Gasteiger partial charge in [0.1, 0.15) is 5.82 Å². The number of nitrogens with one attached hydrogen (secondary N) is 1. The van der Waals surface area contributed by atoms with Gasteiger partial charge in [-0.3, -0.25) is 0 Å². The van der Waals surface area contributed by atoms with Crippen LogP contribution in [0.25, 0.3) is 0 Å². The molecule has 0 aromatic carbocycles. The van der Waals surface area contributed by atoms with E-state index in [9.17, 15) is 0 Å². The van der Waals surface area contributed by atoms with Crippen LogP contribution in [0, 0.1) is 10.8 Å². The lowest BCUT2D eigenvalue weighted by Crippen LogP contribution is -2.10. The van der Waals surface area contributed by atoms with Gasteiger partial charge in [0.2, 0.25) is 0 Å². The summed E-state index contributed by atoms with van der Waals surface area (Å²) in [5, 5.41) is 3.49. The van der Waals surface area contributed by atoms with Gasteiger partial charge < -0.3 is 5.32 Å². The molecule has 0 radical (unpaired) electrons. The molecule has 1 aliphatic carbocycles. The average molecular weight is 269 g/mol. The molecule has 2 nitrogen and oxygen atoms in total. The first-order chi connectivity index (χ1) is 6.85. The van der Waals surface area contributed by atoms with Crippen LogP contribution in [0.3, 0.4) is 0 Å². The van der Waals surface area contributed by atoms with Gasteiger partial charge in [-0.2, -0.15) is 0 Å². The SMILES string of the molecule is CC1(C)C(Nc2ccc(Br)cn2)C1(C)C. The fourth-order valence-electron chi connectivity index (χ4n) is 2.17. The van der Waals surface area contributed by atoms with Gasteiger partial charge in [-0.1, -0.05) is 27.7 Å². The number of anilines is 1. The second kappa shape index (κ2) is 3.21. The summed E-state index contributed by atoms with van der Waals surface area (Å²) >= 11 is 3.38. The largest absolute Gasteiger partial charge is 0.366 e. The fourth-order valence-corrected chi connectivity index (χ4v) is 2.40. The second-order valence-electron chi connectivity index (χ2n) is 5.38. The Bertz CT molecular complexity index is 354. The number of pyridine rings is 1. The standard InChI is InChI=1S/C12H17BrN2/c1-11(2)10(12(11,3)4)15-9-6-5-8(13)7-14-9/h5-7,10H,1-4H3,(H,14,15). The molecule has 82 valence electrons. The molecular formula is C12H17BrN2. The molecule has 1 fully saturated rings. The molecule has 15 heavy (non-hydrogen) atoms. The van der Waals surface area contributed by atoms with Crippen molar-refractivity contribution in [3.8, 4) is 0 Å². The van der Waals surface area contributed by atoms with Crippen LogP contribution in [0.15, 0.2) is 22.8 Å². The Morgan fingerprint density at radius 1 is 1.20 bits per heavy atom. The van der Waals surface area contributed by atoms with Crippen molar-refractivity contribution in [2.24, 2.45) is 10.8 Å². The summed E-state index contributed by atoms with van der Waals surface area (Å²) in [5.74, 6) is 0.960. The first kappa shape index (κ1) is 10.9. The van der Waals surface area contributed by atoms with Crippen LogP contribution in [-0.2, 0) is 0 Å². The van der Waals surface area contributed by atoms with Crippen LogP contribution >= 0.6 is 15.9 Å². The maximum atomic E-state index is 4.33. The van der Waals surface area contributed by atoms with Crippen LogP contribution in [-0.4, -0.2) is 11.0 Å². The summed E-state index contributed by atoms with van der Waals surface area (Å²) in [6, 6.07) is 4.53. The molecule has 2 rings (SSSR count). The topological polar surface area (TPSA) is 24.9 Å². The summed E-state index contributed by atoms with van der Waals surface area (Å²) in [4.78, 5) is 4.33. The molecule has 0 atom stereocenters. The fraction of sp³-hybridized carbons (Fsp3) is 0.583. The molecule has 0 bridgehead atoms. The Labute approximate surface area is 99.6 Å². The normalized spacial score (nSPS) is 22.5. The molecule has 0 aliphatic heterocycles. The van der Waals surface area contributed by atoms with Gasteiger partial charge in [0.05, 0.1) is 0 Å². The van der Waals surface area contributed by atoms with Crippen molar-refractivity contribution in [1.29, 1.82) is 0 Å². The molecule has 0 amide bonds. The van der Waals surface area contributed by atoms with E-state index in [2.05, 4.69) is 53.9 Å². The zero-order valence-electron chi connectivity index (χ0n) is 9.63. The van der Waals surface area contributed by atoms with E-state index in [0.29, 0.717) is 16.9 Å². The third kappa shape index (κ3) is 1.67. The lowest BCUT2D eigenvalue weighted by atomic mass is 10.0. The number of hydrogen-bond donors (Lipinski definition) is 1. The van der Waals surface area contributed by atoms with E-state index in [4.69, 9.17) is 0 Å². The second-order valence-corrected chi connectivity index (χ2v) is 6.30.